The molecule has 1 aliphatic heterocycles. The standard InChI is InChI=1S/C15H21FN2O2/c1-15(2,3)20-14(19)18-12-8-9-17-13(12)10-4-6-11(16)7-5-10/h4-7,12-13,17H,8-9H2,1-3H3,(H,18,19). The highest BCUT2D eigenvalue weighted by Crippen LogP contribution is 2.24. The van der Waals surface area contributed by atoms with Gasteiger partial charge in [0.05, 0.1) is 12.1 Å². The van der Waals surface area contributed by atoms with Gasteiger partial charge in [0, 0.05) is 0 Å². The number of carbonyl (C=O) groups excluding carboxylic acids is 1. The number of rotatable bonds is 2. The summed E-state index contributed by atoms with van der Waals surface area (Å²) in [5.74, 6) is -0.261. The Morgan fingerprint density at radius 1 is 1.35 bits per heavy atom. The van der Waals surface area contributed by atoms with Gasteiger partial charge in [-0.15, -0.1) is 0 Å². The number of ether oxygens (including phenoxy) is 1. The maximum atomic E-state index is 13.0. The molecule has 2 rings (SSSR count). The summed E-state index contributed by atoms with van der Waals surface area (Å²) in [7, 11) is 0. The van der Waals surface area contributed by atoms with E-state index in [1.165, 1.54) is 12.1 Å². The fourth-order valence-corrected chi connectivity index (χ4v) is 2.34. The van der Waals surface area contributed by atoms with Crippen molar-refractivity contribution in [2.45, 2.75) is 44.9 Å². The van der Waals surface area contributed by atoms with Crippen LogP contribution in [0.2, 0.25) is 0 Å². The van der Waals surface area contributed by atoms with E-state index in [2.05, 4.69) is 10.6 Å². The van der Waals surface area contributed by atoms with Gasteiger partial charge in [0.2, 0.25) is 0 Å². The van der Waals surface area contributed by atoms with Gasteiger partial charge in [-0.2, -0.15) is 0 Å². The van der Waals surface area contributed by atoms with Crippen molar-refractivity contribution in [3.8, 4) is 0 Å². The maximum absolute atomic E-state index is 13.0. The van der Waals surface area contributed by atoms with E-state index in [0.29, 0.717) is 0 Å². The molecule has 2 unspecified atom stereocenters. The van der Waals surface area contributed by atoms with Gasteiger partial charge in [0.25, 0.3) is 0 Å². The number of alkyl carbamates (subject to hydrolysis) is 1. The fourth-order valence-electron chi connectivity index (χ4n) is 2.34. The number of hydrogen-bond donors (Lipinski definition) is 2. The highest BCUT2D eigenvalue weighted by atomic mass is 19.1. The van der Waals surface area contributed by atoms with Crippen molar-refractivity contribution >= 4 is 6.09 Å². The summed E-state index contributed by atoms with van der Waals surface area (Å²) in [6.45, 7) is 6.30. The molecule has 0 aromatic heterocycles. The first-order valence-corrected chi connectivity index (χ1v) is 6.83. The molecule has 0 aliphatic carbocycles. The Hall–Kier alpha value is -1.62. The molecule has 4 nitrogen and oxygen atoms in total. The molecule has 0 spiro atoms. The minimum absolute atomic E-state index is 0.0110. The number of nitrogens with one attached hydrogen (secondary N) is 2. The lowest BCUT2D eigenvalue weighted by molar-refractivity contribution is 0.0500. The quantitative estimate of drug-likeness (QED) is 0.876. The lowest BCUT2D eigenvalue weighted by Crippen LogP contribution is -2.41. The zero-order chi connectivity index (χ0) is 14.8. The summed E-state index contributed by atoms with van der Waals surface area (Å²) in [6, 6.07) is 6.28. The predicted octanol–water partition coefficient (Wildman–Crippen LogP) is 2.75. The van der Waals surface area contributed by atoms with Crippen LogP contribution in [-0.4, -0.2) is 24.3 Å². The first-order chi connectivity index (χ1) is 9.35. The molecule has 1 aliphatic rings. The van der Waals surface area contributed by atoms with E-state index in [-0.39, 0.29) is 17.9 Å². The summed E-state index contributed by atoms with van der Waals surface area (Å²) >= 11 is 0. The molecular weight excluding hydrogens is 259 g/mol. The van der Waals surface area contributed by atoms with E-state index in [9.17, 15) is 9.18 Å². The zero-order valence-electron chi connectivity index (χ0n) is 12.1. The second-order valence-corrected chi connectivity index (χ2v) is 6.02. The molecule has 0 saturated carbocycles. The predicted molar refractivity (Wildman–Crippen MR) is 74.9 cm³/mol. The van der Waals surface area contributed by atoms with E-state index in [4.69, 9.17) is 4.74 Å². The number of benzene rings is 1. The lowest BCUT2D eigenvalue weighted by atomic mass is 10.0. The van der Waals surface area contributed by atoms with E-state index in [0.717, 1.165) is 18.5 Å². The summed E-state index contributed by atoms with van der Waals surface area (Å²) in [5, 5.41) is 6.20. The van der Waals surface area contributed by atoms with Crippen molar-refractivity contribution in [2.75, 3.05) is 6.54 Å². The number of hydrogen-bond acceptors (Lipinski definition) is 3. The third-order valence-corrected chi connectivity index (χ3v) is 3.15. The normalized spacial score (nSPS) is 22.6. The van der Waals surface area contributed by atoms with Crippen LogP contribution in [0.3, 0.4) is 0 Å². The average molecular weight is 280 g/mol. The van der Waals surface area contributed by atoms with Crippen LogP contribution in [0.4, 0.5) is 9.18 Å². The van der Waals surface area contributed by atoms with Gasteiger partial charge in [-0.05, 0) is 51.4 Å². The number of amides is 1. The Balaban J connectivity index is 2.00. The molecule has 0 bridgehead atoms. The molecular formula is C15H21FN2O2. The molecule has 1 heterocycles. The van der Waals surface area contributed by atoms with Crippen LogP contribution in [0.5, 0.6) is 0 Å². The van der Waals surface area contributed by atoms with Crippen LogP contribution in [0.1, 0.15) is 38.8 Å². The summed E-state index contributed by atoms with van der Waals surface area (Å²) in [6.07, 6.45) is 0.402. The van der Waals surface area contributed by atoms with Crippen LogP contribution in [0, 0.1) is 5.82 Å². The SMILES string of the molecule is CC(C)(C)OC(=O)NC1CCNC1c1ccc(F)cc1. The molecule has 1 fully saturated rings. The van der Waals surface area contributed by atoms with Crippen LogP contribution in [-0.2, 0) is 4.74 Å². The van der Waals surface area contributed by atoms with Gasteiger partial charge in [-0.25, -0.2) is 9.18 Å². The van der Waals surface area contributed by atoms with E-state index >= 15 is 0 Å². The van der Waals surface area contributed by atoms with Gasteiger partial charge in [0.1, 0.15) is 11.4 Å². The molecule has 5 heteroatoms. The minimum atomic E-state index is -0.512. The second-order valence-electron chi connectivity index (χ2n) is 6.02. The number of carbonyl (C=O) groups is 1. The molecule has 1 saturated heterocycles. The molecule has 110 valence electrons. The summed E-state index contributed by atoms with van der Waals surface area (Å²) in [4.78, 5) is 11.8. The van der Waals surface area contributed by atoms with E-state index < -0.39 is 11.7 Å². The maximum Gasteiger partial charge on any atom is 0.407 e. The highest BCUT2D eigenvalue weighted by Gasteiger charge is 2.30. The van der Waals surface area contributed by atoms with Crippen LogP contribution < -0.4 is 10.6 Å². The van der Waals surface area contributed by atoms with Gasteiger partial charge in [-0.3, -0.25) is 0 Å². The Kier molecular flexibility index (Phi) is 4.28. The summed E-state index contributed by atoms with van der Waals surface area (Å²) < 4.78 is 18.2. The summed E-state index contributed by atoms with van der Waals surface area (Å²) in [5.41, 5.74) is 0.451. The van der Waals surface area contributed by atoms with Gasteiger partial charge < -0.3 is 15.4 Å². The average Bonchev–Trinajstić information content (AvgIpc) is 2.75. The van der Waals surface area contributed by atoms with E-state index in [1.54, 1.807) is 12.1 Å². The van der Waals surface area contributed by atoms with Gasteiger partial charge in [0.15, 0.2) is 0 Å². The largest absolute Gasteiger partial charge is 0.444 e. The van der Waals surface area contributed by atoms with Crippen molar-refractivity contribution in [3.05, 3.63) is 35.6 Å². The highest BCUT2D eigenvalue weighted by molar-refractivity contribution is 5.68. The topological polar surface area (TPSA) is 50.4 Å². The molecule has 2 atom stereocenters. The van der Waals surface area contributed by atoms with Crippen molar-refractivity contribution in [3.63, 3.8) is 0 Å². The van der Waals surface area contributed by atoms with Gasteiger partial charge in [-0.1, -0.05) is 12.1 Å². The Morgan fingerprint density at radius 2 is 2.00 bits per heavy atom. The Morgan fingerprint density at radius 3 is 2.60 bits per heavy atom. The number of halogens is 1. The first kappa shape index (κ1) is 14.8. The molecule has 0 radical (unpaired) electrons. The van der Waals surface area contributed by atoms with Crippen LogP contribution >= 0.6 is 0 Å². The van der Waals surface area contributed by atoms with Crippen molar-refractivity contribution in [2.24, 2.45) is 0 Å². The third-order valence-electron chi connectivity index (χ3n) is 3.15. The first-order valence-electron chi connectivity index (χ1n) is 6.83. The molecule has 1 aromatic rings. The fraction of sp³-hybridized carbons (Fsp3) is 0.533. The Bertz CT molecular complexity index is 468. The lowest BCUT2D eigenvalue weighted by Gasteiger charge is -2.24. The third kappa shape index (κ3) is 3.93. The molecule has 20 heavy (non-hydrogen) atoms. The van der Waals surface area contributed by atoms with Crippen molar-refractivity contribution < 1.29 is 13.9 Å². The second kappa shape index (κ2) is 5.79. The van der Waals surface area contributed by atoms with E-state index in [1.807, 2.05) is 20.8 Å². The van der Waals surface area contributed by atoms with Crippen molar-refractivity contribution in [1.82, 2.24) is 10.6 Å². The molecule has 2 N–H and O–H groups in total. The minimum Gasteiger partial charge on any atom is -0.444 e. The van der Waals surface area contributed by atoms with Crippen LogP contribution in [0.25, 0.3) is 0 Å². The monoisotopic (exact) mass is 280 g/mol. The van der Waals surface area contributed by atoms with Gasteiger partial charge >= 0.3 is 6.09 Å². The molecule has 1 amide bonds. The Labute approximate surface area is 118 Å². The molecule has 1 aromatic carbocycles. The smallest absolute Gasteiger partial charge is 0.407 e. The zero-order valence-corrected chi connectivity index (χ0v) is 12.1. The van der Waals surface area contributed by atoms with Crippen molar-refractivity contribution in [1.29, 1.82) is 0 Å². The van der Waals surface area contributed by atoms with Crippen LogP contribution in [0.15, 0.2) is 24.3 Å².